The van der Waals surface area contributed by atoms with Crippen molar-refractivity contribution in [2.75, 3.05) is 38.6 Å². The summed E-state index contributed by atoms with van der Waals surface area (Å²) in [6.07, 6.45) is 6.61. The third-order valence-electron chi connectivity index (χ3n) is 2.76. The number of likely N-dealkylation sites (tertiary alicyclic amines) is 1. The molecule has 0 aliphatic carbocycles. The maximum atomic E-state index is 5.59. The van der Waals surface area contributed by atoms with E-state index in [1.165, 1.54) is 45.3 Å². The standard InChI is InChI=1S/C11H23ClN2/c12-6-4-7-13-8-5-11-14-9-2-1-3-10-14/h13H,1-11H2. The minimum absolute atomic E-state index is 0.777. The lowest BCUT2D eigenvalue weighted by molar-refractivity contribution is 0.226. The van der Waals surface area contributed by atoms with Crippen LogP contribution in [0.2, 0.25) is 0 Å². The molecule has 3 heteroatoms. The van der Waals surface area contributed by atoms with Crippen LogP contribution in [0.4, 0.5) is 0 Å². The number of nitrogens with one attached hydrogen (secondary N) is 1. The van der Waals surface area contributed by atoms with Gasteiger partial charge in [-0.25, -0.2) is 0 Å². The van der Waals surface area contributed by atoms with Crippen molar-refractivity contribution in [2.24, 2.45) is 0 Å². The van der Waals surface area contributed by atoms with Gasteiger partial charge in [0.2, 0.25) is 0 Å². The zero-order chi connectivity index (χ0) is 10.1. The van der Waals surface area contributed by atoms with E-state index in [0.29, 0.717) is 0 Å². The molecular weight excluding hydrogens is 196 g/mol. The quantitative estimate of drug-likeness (QED) is 0.520. The lowest BCUT2D eigenvalue weighted by atomic mass is 10.1. The third-order valence-corrected chi connectivity index (χ3v) is 3.03. The van der Waals surface area contributed by atoms with E-state index in [-0.39, 0.29) is 0 Å². The van der Waals surface area contributed by atoms with Crippen LogP contribution in [0.3, 0.4) is 0 Å². The van der Waals surface area contributed by atoms with Crippen molar-refractivity contribution in [2.45, 2.75) is 32.1 Å². The van der Waals surface area contributed by atoms with Crippen molar-refractivity contribution in [3.63, 3.8) is 0 Å². The van der Waals surface area contributed by atoms with Gasteiger partial charge in [0.1, 0.15) is 0 Å². The van der Waals surface area contributed by atoms with Crippen LogP contribution in [-0.4, -0.2) is 43.5 Å². The second-order valence-corrected chi connectivity index (χ2v) is 4.43. The molecule has 1 fully saturated rings. The van der Waals surface area contributed by atoms with Gasteiger partial charge in [-0.15, -0.1) is 11.6 Å². The Balaban J connectivity index is 1.82. The Morgan fingerprint density at radius 1 is 1.00 bits per heavy atom. The minimum Gasteiger partial charge on any atom is -0.317 e. The molecule has 2 nitrogen and oxygen atoms in total. The van der Waals surface area contributed by atoms with Gasteiger partial charge in [0, 0.05) is 5.88 Å². The van der Waals surface area contributed by atoms with Gasteiger partial charge in [-0.05, 0) is 58.4 Å². The first-order valence-corrected chi connectivity index (χ1v) is 6.46. The van der Waals surface area contributed by atoms with E-state index in [1.807, 2.05) is 0 Å². The monoisotopic (exact) mass is 218 g/mol. The molecule has 1 aliphatic heterocycles. The lowest BCUT2D eigenvalue weighted by Gasteiger charge is -2.26. The van der Waals surface area contributed by atoms with Gasteiger partial charge in [0.05, 0.1) is 0 Å². The molecule has 0 saturated carbocycles. The summed E-state index contributed by atoms with van der Waals surface area (Å²) in [4.78, 5) is 2.59. The number of rotatable bonds is 7. The molecule has 1 N–H and O–H groups in total. The molecule has 1 aliphatic rings. The highest BCUT2D eigenvalue weighted by Gasteiger charge is 2.08. The van der Waals surface area contributed by atoms with Gasteiger partial charge < -0.3 is 10.2 Å². The highest BCUT2D eigenvalue weighted by molar-refractivity contribution is 6.17. The Bertz CT molecular complexity index is 124. The Labute approximate surface area is 93.0 Å². The van der Waals surface area contributed by atoms with E-state index in [9.17, 15) is 0 Å². The summed E-state index contributed by atoms with van der Waals surface area (Å²) in [5.41, 5.74) is 0. The number of piperidine rings is 1. The van der Waals surface area contributed by atoms with E-state index in [0.717, 1.165) is 25.4 Å². The topological polar surface area (TPSA) is 15.3 Å². The summed E-state index contributed by atoms with van der Waals surface area (Å²) >= 11 is 5.59. The molecule has 0 amide bonds. The second kappa shape index (κ2) is 8.51. The summed E-state index contributed by atoms with van der Waals surface area (Å²) in [7, 11) is 0. The number of hydrogen-bond acceptors (Lipinski definition) is 2. The summed E-state index contributed by atoms with van der Waals surface area (Å²) in [5.74, 6) is 0.777. The molecule has 1 heterocycles. The van der Waals surface area contributed by atoms with Crippen LogP contribution in [0.25, 0.3) is 0 Å². The molecule has 0 radical (unpaired) electrons. The molecule has 0 spiro atoms. The van der Waals surface area contributed by atoms with Crippen molar-refractivity contribution in [1.82, 2.24) is 10.2 Å². The molecule has 0 aromatic rings. The first-order valence-electron chi connectivity index (χ1n) is 5.92. The summed E-state index contributed by atoms with van der Waals surface area (Å²) in [6, 6.07) is 0. The van der Waals surface area contributed by atoms with Crippen LogP contribution in [0.1, 0.15) is 32.1 Å². The van der Waals surface area contributed by atoms with Gasteiger partial charge in [0.15, 0.2) is 0 Å². The van der Waals surface area contributed by atoms with E-state index >= 15 is 0 Å². The van der Waals surface area contributed by atoms with Crippen molar-refractivity contribution in [1.29, 1.82) is 0 Å². The van der Waals surface area contributed by atoms with Crippen molar-refractivity contribution in [3.8, 4) is 0 Å². The van der Waals surface area contributed by atoms with Gasteiger partial charge in [-0.1, -0.05) is 6.42 Å². The molecule has 84 valence electrons. The lowest BCUT2D eigenvalue weighted by Crippen LogP contribution is -2.32. The second-order valence-electron chi connectivity index (χ2n) is 4.05. The third kappa shape index (κ3) is 5.84. The van der Waals surface area contributed by atoms with Crippen LogP contribution in [0.15, 0.2) is 0 Å². The fraction of sp³-hybridized carbons (Fsp3) is 1.00. The van der Waals surface area contributed by atoms with Crippen LogP contribution >= 0.6 is 11.6 Å². The summed E-state index contributed by atoms with van der Waals surface area (Å²) < 4.78 is 0. The first-order chi connectivity index (χ1) is 6.93. The van der Waals surface area contributed by atoms with Crippen molar-refractivity contribution < 1.29 is 0 Å². The van der Waals surface area contributed by atoms with Crippen molar-refractivity contribution in [3.05, 3.63) is 0 Å². The Morgan fingerprint density at radius 2 is 1.71 bits per heavy atom. The van der Waals surface area contributed by atoms with Gasteiger partial charge >= 0.3 is 0 Å². The highest BCUT2D eigenvalue weighted by atomic mass is 35.5. The smallest absolute Gasteiger partial charge is 0.0235 e. The van der Waals surface area contributed by atoms with Crippen LogP contribution in [0, 0.1) is 0 Å². The van der Waals surface area contributed by atoms with Crippen molar-refractivity contribution >= 4 is 11.6 Å². The summed E-state index contributed by atoms with van der Waals surface area (Å²) in [5, 5.41) is 3.41. The predicted molar refractivity (Wildman–Crippen MR) is 63.1 cm³/mol. The van der Waals surface area contributed by atoms with Crippen LogP contribution in [-0.2, 0) is 0 Å². The fourth-order valence-electron chi connectivity index (χ4n) is 1.93. The van der Waals surface area contributed by atoms with Gasteiger partial charge in [-0.2, -0.15) is 0 Å². The van der Waals surface area contributed by atoms with E-state index in [4.69, 9.17) is 11.6 Å². The first kappa shape index (κ1) is 12.3. The molecule has 14 heavy (non-hydrogen) atoms. The van der Waals surface area contributed by atoms with E-state index < -0.39 is 0 Å². The number of nitrogens with zero attached hydrogens (tertiary/aromatic N) is 1. The minimum atomic E-state index is 0.777. The van der Waals surface area contributed by atoms with Crippen LogP contribution in [0.5, 0.6) is 0 Å². The maximum Gasteiger partial charge on any atom is 0.0235 e. The molecule has 0 aromatic heterocycles. The molecule has 0 aromatic carbocycles. The molecule has 0 atom stereocenters. The number of hydrogen-bond donors (Lipinski definition) is 1. The van der Waals surface area contributed by atoms with Gasteiger partial charge in [0.25, 0.3) is 0 Å². The molecular formula is C11H23ClN2. The Kier molecular flexibility index (Phi) is 7.47. The van der Waals surface area contributed by atoms with Crippen LogP contribution < -0.4 is 5.32 Å². The highest BCUT2D eigenvalue weighted by Crippen LogP contribution is 2.08. The van der Waals surface area contributed by atoms with E-state index in [2.05, 4.69) is 10.2 Å². The predicted octanol–water partition coefficient (Wildman–Crippen LogP) is 2.08. The zero-order valence-corrected chi connectivity index (χ0v) is 9.86. The normalized spacial score (nSPS) is 18.6. The number of halogens is 1. The molecule has 1 rings (SSSR count). The Hall–Kier alpha value is 0.210. The largest absolute Gasteiger partial charge is 0.317 e. The average Bonchev–Trinajstić information content (AvgIpc) is 2.25. The summed E-state index contributed by atoms with van der Waals surface area (Å²) in [6.45, 7) is 6.13. The zero-order valence-electron chi connectivity index (χ0n) is 9.10. The number of alkyl halides is 1. The SMILES string of the molecule is ClCCCNCCCN1CCCCC1. The Morgan fingerprint density at radius 3 is 2.43 bits per heavy atom. The molecule has 0 unspecified atom stereocenters. The fourth-order valence-corrected chi connectivity index (χ4v) is 2.06. The average molecular weight is 219 g/mol. The van der Waals surface area contributed by atoms with Gasteiger partial charge in [-0.3, -0.25) is 0 Å². The maximum absolute atomic E-state index is 5.59. The molecule has 0 bridgehead atoms. The molecule has 1 saturated heterocycles. The van der Waals surface area contributed by atoms with E-state index in [1.54, 1.807) is 0 Å².